The molecule has 1 unspecified atom stereocenters. The smallest absolute Gasteiger partial charge is 0.266 e. The third-order valence-electron chi connectivity index (χ3n) is 4.83. The molecule has 7 nitrogen and oxygen atoms in total. The van der Waals surface area contributed by atoms with Crippen molar-refractivity contribution in [3.05, 3.63) is 65.2 Å². The molecule has 26 heavy (non-hydrogen) atoms. The van der Waals surface area contributed by atoms with Gasteiger partial charge in [0.25, 0.3) is 5.56 Å². The number of imidazole rings is 1. The second-order valence-corrected chi connectivity index (χ2v) is 6.78. The first kappa shape index (κ1) is 16.7. The van der Waals surface area contributed by atoms with E-state index in [1.165, 1.54) is 0 Å². The average Bonchev–Trinajstić information content (AvgIpc) is 3.27. The number of aryl methyl sites for hydroxylation is 1. The van der Waals surface area contributed by atoms with Crippen LogP contribution >= 0.6 is 0 Å². The molecule has 0 aliphatic carbocycles. The first-order valence-corrected chi connectivity index (χ1v) is 8.88. The highest BCUT2D eigenvalue weighted by atomic mass is 16.1. The van der Waals surface area contributed by atoms with Gasteiger partial charge >= 0.3 is 0 Å². The molecule has 1 aliphatic rings. The zero-order valence-electron chi connectivity index (χ0n) is 14.8. The van der Waals surface area contributed by atoms with Crippen LogP contribution in [0.5, 0.6) is 0 Å². The molecular weight excluding hydrogens is 328 g/mol. The summed E-state index contributed by atoms with van der Waals surface area (Å²) < 4.78 is 3.55. The Morgan fingerprint density at radius 1 is 1.27 bits per heavy atom. The predicted molar refractivity (Wildman–Crippen MR) is 98.4 cm³/mol. The molecule has 0 amide bonds. The largest absolute Gasteiger partial charge is 0.340 e. The van der Waals surface area contributed by atoms with Crippen molar-refractivity contribution in [2.75, 3.05) is 6.54 Å². The van der Waals surface area contributed by atoms with Crippen LogP contribution in [0.15, 0.2) is 54.0 Å². The molecule has 3 aromatic rings. The average molecular weight is 350 g/mol. The lowest BCUT2D eigenvalue weighted by Gasteiger charge is -2.23. The van der Waals surface area contributed by atoms with Gasteiger partial charge in [-0.1, -0.05) is 0 Å². The SMILES string of the molecule is Cn1cnc(CN2CCCC2Cn2nc(-c3cccnc3)ccc2=O)c1. The van der Waals surface area contributed by atoms with Gasteiger partial charge in [0.2, 0.25) is 0 Å². The summed E-state index contributed by atoms with van der Waals surface area (Å²) in [6, 6.07) is 7.47. The maximum absolute atomic E-state index is 12.3. The van der Waals surface area contributed by atoms with E-state index in [0.717, 1.165) is 42.9 Å². The van der Waals surface area contributed by atoms with Crippen LogP contribution in [0.3, 0.4) is 0 Å². The topological polar surface area (TPSA) is 68.8 Å². The fourth-order valence-electron chi connectivity index (χ4n) is 3.51. The molecule has 0 radical (unpaired) electrons. The molecule has 0 saturated carbocycles. The zero-order chi connectivity index (χ0) is 17.9. The van der Waals surface area contributed by atoms with Crippen LogP contribution in [0.1, 0.15) is 18.5 Å². The van der Waals surface area contributed by atoms with E-state index in [4.69, 9.17) is 0 Å². The molecule has 3 aromatic heterocycles. The van der Waals surface area contributed by atoms with Crippen molar-refractivity contribution in [1.29, 1.82) is 0 Å². The third kappa shape index (κ3) is 3.57. The van der Waals surface area contributed by atoms with Gasteiger partial charge in [0, 0.05) is 49.9 Å². The van der Waals surface area contributed by atoms with Gasteiger partial charge in [0.05, 0.1) is 24.3 Å². The summed E-state index contributed by atoms with van der Waals surface area (Å²) in [4.78, 5) is 23.3. The molecule has 1 saturated heterocycles. The second-order valence-electron chi connectivity index (χ2n) is 6.78. The second kappa shape index (κ2) is 7.21. The molecule has 0 bridgehead atoms. The van der Waals surface area contributed by atoms with Gasteiger partial charge in [-0.25, -0.2) is 9.67 Å². The van der Waals surface area contributed by atoms with Crippen molar-refractivity contribution in [2.45, 2.75) is 32.0 Å². The van der Waals surface area contributed by atoms with Gasteiger partial charge in [0.15, 0.2) is 0 Å². The summed E-state index contributed by atoms with van der Waals surface area (Å²) >= 11 is 0. The summed E-state index contributed by atoms with van der Waals surface area (Å²) in [7, 11) is 1.98. The monoisotopic (exact) mass is 350 g/mol. The van der Waals surface area contributed by atoms with Crippen molar-refractivity contribution in [3.8, 4) is 11.3 Å². The van der Waals surface area contributed by atoms with Gasteiger partial charge in [-0.15, -0.1) is 0 Å². The number of rotatable bonds is 5. The van der Waals surface area contributed by atoms with E-state index in [1.807, 2.05) is 36.3 Å². The third-order valence-corrected chi connectivity index (χ3v) is 4.83. The quantitative estimate of drug-likeness (QED) is 0.701. The summed E-state index contributed by atoms with van der Waals surface area (Å²) in [5.41, 5.74) is 2.68. The molecule has 0 spiro atoms. The van der Waals surface area contributed by atoms with Crippen molar-refractivity contribution in [2.24, 2.45) is 7.05 Å². The van der Waals surface area contributed by atoms with Crippen molar-refractivity contribution in [3.63, 3.8) is 0 Å². The number of nitrogens with zero attached hydrogens (tertiary/aromatic N) is 6. The molecule has 1 fully saturated rings. The lowest BCUT2D eigenvalue weighted by atomic mass is 10.2. The molecule has 0 N–H and O–H groups in total. The predicted octanol–water partition coefficient (Wildman–Crippen LogP) is 1.70. The highest BCUT2D eigenvalue weighted by Gasteiger charge is 2.26. The minimum absolute atomic E-state index is 0.0673. The molecule has 4 heterocycles. The van der Waals surface area contributed by atoms with E-state index in [9.17, 15) is 4.79 Å². The van der Waals surface area contributed by atoms with Crippen LogP contribution in [0, 0.1) is 0 Å². The Labute approximate surface area is 151 Å². The maximum atomic E-state index is 12.3. The van der Waals surface area contributed by atoms with Crippen LogP contribution in [-0.2, 0) is 20.1 Å². The lowest BCUT2D eigenvalue weighted by Crippen LogP contribution is -2.36. The Bertz CT molecular complexity index is 932. The first-order valence-electron chi connectivity index (χ1n) is 8.88. The van der Waals surface area contributed by atoms with Crippen LogP contribution < -0.4 is 5.56 Å². The molecule has 1 aliphatic heterocycles. The Hall–Kier alpha value is -2.80. The Morgan fingerprint density at radius 2 is 2.19 bits per heavy atom. The highest BCUT2D eigenvalue weighted by molar-refractivity contribution is 5.56. The molecule has 0 aromatic carbocycles. The Balaban J connectivity index is 1.53. The van der Waals surface area contributed by atoms with Gasteiger partial charge in [-0.05, 0) is 37.6 Å². The Morgan fingerprint density at radius 3 is 2.96 bits per heavy atom. The number of aromatic nitrogens is 5. The van der Waals surface area contributed by atoms with E-state index in [0.29, 0.717) is 12.6 Å². The van der Waals surface area contributed by atoms with E-state index < -0.39 is 0 Å². The number of likely N-dealkylation sites (tertiary alicyclic amines) is 1. The van der Waals surface area contributed by atoms with E-state index >= 15 is 0 Å². The Kier molecular flexibility index (Phi) is 4.62. The molecule has 7 heteroatoms. The summed E-state index contributed by atoms with van der Waals surface area (Å²) in [6.45, 7) is 2.43. The fraction of sp³-hybridized carbons (Fsp3) is 0.368. The maximum Gasteiger partial charge on any atom is 0.266 e. The van der Waals surface area contributed by atoms with Crippen LogP contribution in [-0.4, -0.2) is 41.8 Å². The molecule has 134 valence electrons. The first-order chi connectivity index (χ1) is 12.7. The fourth-order valence-corrected chi connectivity index (χ4v) is 3.51. The highest BCUT2D eigenvalue weighted by Crippen LogP contribution is 2.21. The molecule has 4 rings (SSSR count). The van der Waals surface area contributed by atoms with Crippen LogP contribution in [0.25, 0.3) is 11.3 Å². The van der Waals surface area contributed by atoms with Crippen molar-refractivity contribution >= 4 is 0 Å². The van der Waals surface area contributed by atoms with Crippen LogP contribution in [0.4, 0.5) is 0 Å². The van der Waals surface area contributed by atoms with Gasteiger partial charge in [-0.3, -0.25) is 14.7 Å². The van der Waals surface area contributed by atoms with E-state index in [1.54, 1.807) is 29.2 Å². The minimum atomic E-state index is -0.0673. The summed E-state index contributed by atoms with van der Waals surface area (Å²) in [5, 5.41) is 4.57. The number of hydrogen-bond acceptors (Lipinski definition) is 5. The van der Waals surface area contributed by atoms with E-state index in [-0.39, 0.29) is 5.56 Å². The molecule has 1 atom stereocenters. The summed E-state index contributed by atoms with van der Waals surface area (Å²) in [5.74, 6) is 0. The van der Waals surface area contributed by atoms with Gasteiger partial charge < -0.3 is 4.57 Å². The lowest BCUT2D eigenvalue weighted by molar-refractivity contribution is 0.215. The minimum Gasteiger partial charge on any atom is -0.340 e. The zero-order valence-corrected chi connectivity index (χ0v) is 14.8. The standard InChI is InChI=1S/C19H22N6O/c1-23-11-16(21-14-23)12-24-9-3-5-17(24)13-25-19(26)7-6-18(22-25)15-4-2-8-20-10-15/h2,4,6-8,10-11,14,17H,3,5,9,12-13H2,1H3. The normalized spacial score (nSPS) is 17.7. The van der Waals surface area contributed by atoms with Crippen molar-refractivity contribution in [1.82, 2.24) is 29.2 Å². The van der Waals surface area contributed by atoms with Gasteiger partial charge in [-0.2, -0.15) is 5.10 Å². The number of hydrogen-bond donors (Lipinski definition) is 0. The number of pyridine rings is 1. The van der Waals surface area contributed by atoms with Crippen LogP contribution in [0.2, 0.25) is 0 Å². The van der Waals surface area contributed by atoms with Gasteiger partial charge in [0.1, 0.15) is 0 Å². The summed E-state index contributed by atoms with van der Waals surface area (Å²) in [6.07, 6.45) is 9.56. The van der Waals surface area contributed by atoms with E-state index in [2.05, 4.69) is 20.0 Å². The molecular formula is C19H22N6O. The van der Waals surface area contributed by atoms with Crippen molar-refractivity contribution < 1.29 is 0 Å².